The minimum absolute atomic E-state index is 0.107. The lowest BCUT2D eigenvalue weighted by Crippen LogP contribution is -2.32. The number of esters is 1. The van der Waals surface area contributed by atoms with Gasteiger partial charge in [0.15, 0.2) is 0 Å². The molecule has 0 aromatic heterocycles. The van der Waals surface area contributed by atoms with E-state index in [1.165, 1.54) is 13.2 Å². The summed E-state index contributed by atoms with van der Waals surface area (Å²) in [5, 5.41) is 2.91. The Bertz CT molecular complexity index is 1360. The van der Waals surface area contributed by atoms with Crippen molar-refractivity contribution in [2.45, 2.75) is 13.8 Å². The minimum atomic E-state index is -0.714. The van der Waals surface area contributed by atoms with Crippen LogP contribution < -0.4 is 19.7 Å². The highest BCUT2D eigenvalue weighted by Gasteiger charge is 2.40. The fraction of sp³-hybridized carbons (Fsp3) is 0.115. The van der Waals surface area contributed by atoms with Crippen molar-refractivity contribution in [1.82, 2.24) is 0 Å². The predicted octanol–water partition coefficient (Wildman–Crippen LogP) is 5.62. The second kappa shape index (κ2) is 9.82. The number of carbonyl (C=O) groups excluding carboxylic acids is 3. The number of nitrogens with zero attached hydrogens (tertiary/aromatic N) is 1. The first kappa shape index (κ1) is 24.3. The van der Waals surface area contributed by atoms with Crippen LogP contribution in [-0.4, -0.2) is 24.9 Å². The Hall–Kier alpha value is -3.81. The monoisotopic (exact) mass is 510 g/mol. The Morgan fingerprint density at radius 2 is 1.57 bits per heavy atom. The molecule has 7 nitrogen and oxygen atoms in total. The zero-order valence-corrected chi connectivity index (χ0v) is 20.5. The normalized spacial score (nSPS) is 13.3. The summed E-state index contributed by atoms with van der Waals surface area (Å²) in [6, 6.07) is 16.4. The minimum Gasteiger partial charge on any atom is -0.495 e. The summed E-state index contributed by atoms with van der Waals surface area (Å²) in [5.41, 5.74) is 2.53. The van der Waals surface area contributed by atoms with Gasteiger partial charge >= 0.3 is 5.97 Å². The van der Waals surface area contributed by atoms with Crippen molar-refractivity contribution in [3.8, 4) is 11.5 Å². The molecular formula is C26H20Cl2N2O5. The number of para-hydroxylation sites is 1. The third-order valence-corrected chi connectivity index (χ3v) is 5.99. The van der Waals surface area contributed by atoms with Crippen LogP contribution in [0, 0.1) is 13.8 Å². The summed E-state index contributed by atoms with van der Waals surface area (Å²) in [7, 11) is 1.42. The van der Waals surface area contributed by atoms with Gasteiger partial charge in [-0.1, -0.05) is 41.4 Å². The van der Waals surface area contributed by atoms with Gasteiger partial charge in [0.05, 0.1) is 18.4 Å². The van der Waals surface area contributed by atoms with Gasteiger partial charge in [-0.05, 0) is 67.4 Å². The van der Waals surface area contributed by atoms with Crippen molar-refractivity contribution in [3.63, 3.8) is 0 Å². The smallest absolute Gasteiger partial charge is 0.343 e. The zero-order chi connectivity index (χ0) is 25.3. The molecule has 1 N–H and O–H groups in total. The van der Waals surface area contributed by atoms with Gasteiger partial charge in [0.1, 0.15) is 22.2 Å². The van der Waals surface area contributed by atoms with Crippen molar-refractivity contribution in [3.05, 3.63) is 93.1 Å². The van der Waals surface area contributed by atoms with E-state index >= 15 is 0 Å². The molecule has 1 heterocycles. The number of methoxy groups -OCH3 is 1. The van der Waals surface area contributed by atoms with Gasteiger partial charge in [-0.15, -0.1) is 0 Å². The summed E-state index contributed by atoms with van der Waals surface area (Å²) in [6.07, 6.45) is 0. The summed E-state index contributed by atoms with van der Waals surface area (Å²) >= 11 is 12.3. The van der Waals surface area contributed by atoms with E-state index in [1.807, 2.05) is 32.0 Å². The maximum Gasteiger partial charge on any atom is 0.343 e. The second-order valence-electron chi connectivity index (χ2n) is 7.76. The molecule has 3 aromatic carbocycles. The van der Waals surface area contributed by atoms with E-state index in [0.29, 0.717) is 22.0 Å². The van der Waals surface area contributed by atoms with Gasteiger partial charge in [0, 0.05) is 10.7 Å². The van der Waals surface area contributed by atoms with Crippen LogP contribution in [0.2, 0.25) is 5.02 Å². The van der Waals surface area contributed by atoms with Crippen LogP contribution in [0.15, 0.2) is 71.4 Å². The fourth-order valence-corrected chi connectivity index (χ4v) is 3.99. The number of nitrogens with one attached hydrogen (secondary N) is 1. The number of benzene rings is 3. The van der Waals surface area contributed by atoms with E-state index in [-0.39, 0.29) is 22.2 Å². The maximum atomic E-state index is 13.1. The summed E-state index contributed by atoms with van der Waals surface area (Å²) in [4.78, 5) is 39.4. The Morgan fingerprint density at radius 1 is 0.914 bits per heavy atom. The van der Waals surface area contributed by atoms with E-state index in [2.05, 4.69) is 5.32 Å². The Kier molecular flexibility index (Phi) is 6.82. The average molecular weight is 511 g/mol. The topological polar surface area (TPSA) is 84.9 Å². The molecule has 0 radical (unpaired) electrons. The molecule has 0 bridgehead atoms. The number of imide groups is 1. The first-order chi connectivity index (χ1) is 16.7. The van der Waals surface area contributed by atoms with Crippen LogP contribution in [-0.2, 0) is 9.59 Å². The van der Waals surface area contributed by atoms with E-state index in [0.717, 1.165) is 16.0 Å². The molecule has 35 heavy (non-hydrogen) atoms. The van der Waals surface area contributed by atoms with Crippen LogP contribution in [0.3, 0.4) is 0 Å². The third-order valence-electron chi connectivity index (χ3n) is 5.40. The summed E-state index contributed by atoms with van der Waals surface area (Å²) in [5.74, 6) is -1.10. The molecule has 1 aliphatic rings. The molecule has 2 amide bonds. The van der Waals surface area contributed by atoms with E-state index < -0.39 is 17.8 Å². The Morgan fingerprint density at radius 3 is 2.20 bits per heavy atom. The molecule has 1 aliphatic heterocycles. The molecule has 0 atom stereocenters. The molecule has 0 saturated carbocycles. The quantitative estimate of drug-likeness (QED) is 0.263. The van der Waals surface area contributed by atoms with Gasteiger partial charge in [-0.25, -0.2) is 9.69 Å². The SMILES string of the molecule is COc1ccc(Cl)cc1N1C(=O)C(Cl)=C(Nc2ccc(C(=O)Oc3c(C)cccc3C)cc2)C1=O. The second-order valence-corrected chi connectivity index (χ2v) is 8.58. The highest BCUT2D eigenvalue weighted by atomic mass is 35.5. The van der Waals surface area contributed by atoms with Gasteiger partial charge in [0.25, 0.3) is 11.8 Å². The molecule has 9 heteroatoms. The number of hydrogen-bond donors (Lipinski definition) is 1. The summed E-state index contributed by atoms with van der Waals surface area (Å²) < 4.78 is 10.8. The molecule has 0 spiro atoms. The van der Waals surface area contributed by atoms with Gasteiger partial charge in [-0.3, -0.25) is 9.59 Å². The van der Waals surface area contributed by atoms with Crippen LogP contribution in [0.5, 0.6) is 11.5 Å². The molecule has 3 aromatic rings. The first-order valence-corrected chi connectivity index (χ1v) is 11.2. The van der Waals surface area contributed by atoms with Crippen molar-refractivity contribution in [1.29, 1.82) is 0 Å². The number of aryl methyl sites for hydroxylation is 2. The molecule has 178 valence electrons. The summed E-state index contributed by atoms with van der Waals surface area (Å²) in [6.45, 7) is 3.73. The highest BCUT2D eigenvalue weighted by Crippen LogP contribution is 2.37. The number of hydrogen-bond acceptors (Lipinski definition) is 6. The number of amides is 2. The molecule has 4 rings (SSSR count). The lowest BCUT2D eigenvalue weighted by Gasteiger charge is -2.18. The predicted molar refractivity (Wildman–Crippen MR) is 134 cm³/mol. The average Bonchev–Trinajstić information content (AvgIpc) is 3.04. The highest BCUT2D eigenvalue weighted by molar-refractivity contribution is 6.53. The van der Waals surface area contributed by atoms with E-state index in [9.17, 15) is 14.4 Å². The standard InChI is InChI=1S/C26H20Cl2N2O5/c1-14-5-4-6-15(2)23(14)35-26(33)16-7-10-18(11-8-16)29-22-21(28)24(31)30(25(22)32)19-13-17(27)9-12-20(19)34-3/h4-13,29H,1-3H3. The number of ether oxygens (including phenoxy) is 2. The van der Waals surface area contributed by atoms with Gasteiger partial charge in [-0.2, -0.15) is 0 Å². The maximum absolute atomic E-state index is 13.1. The molecular weight excluding hydrogens is 491 g/mol. The van der Waals surface area contributed by atoms with Crippen molar-refractivity contribution < 1.29 is 23.9 Å². The number of rotatable bonds is 6. The number of anilines is 2. The van der Waals surface area contributed by atoms with Crippen LogP contribution >= 0.6 is 23.2 Å². The largest absolute Gasteiger partial charge is 0.495 e. The molecule has 0 unspecified atom stereocenters. The van der Waals surface area contributed by atoms with Gasteiger partial charge in [0.2, 0.25) is 0 Å². The van der Waals surface area contributed by atoms with E-state index in [4.69, 9.17) is 32.7 Å². The molecule has 0 aliphatic carbocycles. The Labute approximate surface area is 211 Å². The van der Waals surface area contributed by atoms with Crippen LogP contribution in [0.25, 0.3) is 0 Å². The third kappa shape index (κ3) is 4.73. The molecule has 0 fully saturated rings. The van der Waals surface area contributed by atoms with Crippen molar-refractivity contribution >= 4 is 52.4 Å². The van der Waals surface area contributed by atoms with Crippen molar-refractivity contribution in [2.24, 2.45) is 0 Å². The first-order valence-electron chi connectivity index (χ1n) is 10.5. The van der Waals surface area contributed by atoms with E-state index in [1.54, 1.807) is 36.4 Å². The molecule has 0 saturated heterocycles. The number of halogens is 2. The fourth-order valence-electron chi connectivity index (χ4n) is 3.61. The van der Waals surface area contributed by atoms with Crippen molar-refractivity contribution in [2.75, 3.05) is 17.3 Å². The van der Waals surface area contributed by atoms with Crippen LogP contribution in [0.1, 0.15) is 21.5 Å². The lowest BCUT2D eigenvalue weighted by atomic mass is 10.1. The Balaban J connectivity index is 1.53. The van der Waals surface area contributed by atoms with Crippen LogP contribution in [0.4, 0.5) is 11.4 Å². The lowest BCUT2D eigenvalue weighted by molar-refractivity contribution is -0.120. The zero-order valence-electron chi connectivity index (χ0n) is 19.0. The number of carbonyl (C=O) groups is 3. The van der Waals surface area contributed by atoms with Gasteiger partial charge < -0.3 is 14.8 Å².